The van der Waals surface area contributed by atoms with Crippen molar-refractivity contribution in [1.29, 1.82) is 0 Å². The molecule has 0 amide bonds. The summed E-state index contributed by atoms with van der Waals surface area (Å²) in [6.45, 7) is 1.77. The molecule has 0 unspecified atom stereocenters. The largest absolute Gasteiger partial charge is 0.478 e. The standard InChI is InChI=1S/C13H10N4O3/c1-8-6-9(13(18)19)2-3-10(8)20-12-11-16-15-7-17(11)5-4-14-12/h2-7H,1H3,(H,18,19). The van der Waals surface area contributed by atoms with Crippen molar-refractivity contribution in [2.45, 2.75) is 6.92 Å². The molecule has 2 aromatic heterocycles. The minimum Gasteiger partial charge on any atom is -0.478 e. The van der Waals surface area contributed by atoms with E-state index >= 15 is 0 Å². The average molecular weight is 270 g/mol. The van der Waals surface area contributed by atoms with Crippen LogP contribution in [0.25, 0.3) is 5.65 Å². The van der Waals surface area contributed by atoms with Crippen molar-refractivity contribution in [3.8, 4) is 11.6 Å². The second kappa shape index (κ2) is 4.61. The number of hydrogen-bond acceptors (Lipinski definition) is 5. The average Bonchev–Trinajstić information content (AvgIpc) is 2.90. The van der Waals surface area contributed by atoms with Crippen molar-refractivity contribution in [2.75, 3.05) is 0 Å². The van der Waals surface area contributed by atoms with Gasteiger partial charge in [0.25, 0.3) is 5.88 Å². The Hall–Kier alpha value is -2.96. The molecule has 0 aliphatic heterocycles. The van der Waals surface area contributed by atoms with Gasteiger partial charge in [0.05, 0.1) is 5.56 Å². The van der Waals surface area contributed by atoms with Crippen molar-refractivity contribution in [3.05, 3.63) is 48.0 Å². The first kappa shape index (κ1) is 12.1. The second-order valence-electron chi connectivity index (χ2n) is 4.18. The van der Waals surface area contributed by atoms with Crippen LogP contribution in [0.4, 0.5) is 0 Å². The van der Waals surface area contributed by atoms with Gasteiger partial charge in [0.15, 0.2) is 0 Å². The molecule has 0 fully saturated rings. The molecule has 3 rings (SSSR count). The van der Waals surface area contributed by atoms with Crippen LogP contribution in [0.15, 0.2) is 36.9 Å². The maximum atomic E-state index is 10.9. The van der Waals surface area contributed by atoms with Gasteiger partial charge in [0.1, 0.15) is 12.1 Å². The summed E-state index contributed by atoms with van der Waals surface area (Å²) in [5.41, 5.74) is 1.41. The van der Waals surface area contributed by atoms with E-state index in [1.165, 1.54) is 6.07 Å². The van der Waals surface area contributed by atoms with Crippen molar-refractivity contribution in [2.24, 2.45) is 0 Å². The number of carboxylic acid groups (broad SMARTS) is 1. The molecule has 0 saturated carbocycles. The van der Waals surface area contributed by atoms with Gasteiger partial charge in [-0.15, -0.1) is 10.2 Å². The van der Waals surface area contributed by atoms with Gasteiger partial charge in [0, 0.05) is 12.4 Å². The summed E-state index contributed by atoms with van der Waals surface area (Å²) in [6.07, 6.45) is 4.83. The lowest BCUT2D eigenvalue weighted by atomic mass is 10.1. The molecule has 7 nitrogen and oxygen atoms in total. The Kier molecular flexibility index (Phi) is 2.79. The van der Waals surface area contributed by atoms with E-state index in [0.29, 0.717) is 22.8 Å². The summed E-state index contributed by atoms with van der Waals surface area (Å²) >= 11 is 0. The van der Waals surface area contributed by atoms with Crippen LogP contribution in [0, 0.1) is 6.92 Å². The number of aryl methyl sites for hydroxylation is 1. The smallest absolute Gasteiger partial charge is 0.335 e. The molecule has 100 valence electrons. The van der Waals surface area contributed by atoms with Crippen LogP contribution in [0.2, 0.25) is 0 Å². The molecule has 2 heterocycles. The first-order valence-corrected chi connectivity index (χ1v) is 5.81. The minimum absolute atomic E-state index is 0.212. The van der Waals surface area contributed by atoms with Gasteiger partial charge >= 0.3 is 5.97 Å². The molecule has 0 aliphatic carbocycles. The van der Waals surface area contributed by atoms with E-state index in [4.69, 9.17) is 9.84 Å². The van der Waals surface area contributed by atoms with E-state index in [2.05, 4.69) is 15.2 Å². The molecule has 7 heteroatoms. The van der Waals surface area contributed by atoms with E-state index < -0.39 is 5.97 Å². The maximum Gasteiger partial charge on any atom is 0.335 e. The van der Waals surface area contributed by atoms with E-state index in [1.807, 2.05) is 0 Å². The monoisotopic (exact) mass is 270 g/mol. The molecular formula is C13H10N4O3. The summed E-state index contributed by atoms with van der Waals surface area (Å²) in [6, 6.07) is 4.62. The fourth-order valence-corrected chi connectivity index (χ4v) is 1.81. The van der Waals surface area contributed by atoms with Gasteiger partial charge in [-0.25, -0.2) is 9.78 Å². The number of rotatable bonds is 3. The fourth-order valence-electron chi connectivity index (χ4n) is 1.81. The summed E-state index contributed by atoms with van der Waals surface area (Å²) in [7, 11) is 0. The number of ether oxygens (including phenoxy) is 1. The molecule has 1 N–H and O–H groups in total. The topological polar surface area (TPSA) is 89.6 Å². The van der Waals surface area contributed by atoms with Crippen molar-refractivity contribution in [1.82, 2.24) is 19.6 Å². The molecule has 0 atom stereocenters. The van der Waals surface area contributed by atoms with Crippen molar-refractivity contribution >= 4 is 11.6 Å². The van der Waals surface area contributed by atoms with Crippen LogP contribution in [0.1, 0.15) is 15.9 Å². The Balaban J connectivity index is 1.99. The number of benzene rings is 1. The lowest BCUT2D eigenvalue weighted by Gasteiger charge is -2.08. The SMILES string of the molecule is Cc1cc(C(=O)O)ccc1Oc1nccn2cnnc12. The quantitative estimate of drug-likeness (QED) is 0.782. The number of fused-ring (bicyclic) bond motifs is 1. The highest BCUT2D eigenvalue weighted by atomic mass is 16.5. The Labute approximate surface area is 113 Å². The highest BCUT2D eigenvalue weighted by Gasteiger charge is 2.11. The zero-order valence-corrected chi connectivity index (χ0v) is 10.5. The lowest BCUT2D eigenvalue weighted by molar-refractivity contribution is 0.0697. The minimum atomic E-state index is -0.975. The van der Waals surface area contributed by atoms with E-state index in [0.717, 1.165) is 0 Å². The maximum absolute atomic E-state index is 10.9. The van der Waals surface area contributed by atoms with Gasteiger partial charge in [-0.05, 0) is 30.7 Å². The Morgan fingerprint density at radius 3 is 3.00 bits per heavy atom. The summed E-state index contributed by atoms with van der Waals surface area (Å²) in [5.74, 6) is -0.132. The predicted octanol–water partition coefficient (Wildman–Crippen LogP) is 1.92. The van der Waals surface area contributed by atoms with Crippen LogP contribution >= 0.6 is 0 Å². The zero-order chi connectivity index (χ0) is 14.1. The van der Waals surface area contributed by atoms with Crippen LogP contribution in [-0.4, -0.2) is 30.7 Å². The van der Waals surface area contributed by atoms with Gasteiger partial charge in [-0.1, -0.05) is 0 Å². The third kappa shape index (κ3) is 2.05. The summed E-state index contributed by atoms with van der Waals surface area (Å²) in [5, 5.41) is 16.6. The van der Waals surface area contributed by atoms with Crippen molar-refractivity contribution < 1.29 is 14.6 Å². The zero-order valence-electron chi connectivity index (χ0n) is 10.5. The second-order valence-corrected chi connectivity index (χ2v) is 4.18. The summed E-state index contributed by atoms with van der Waals surface area (Å²) < 4.78 is 7.37. The van der Waals surface area contributed by atoms with E-state index in [1.54, 1.807) is 42.2 Å². The molecule has 20 heavy (non-hydrogen) atoms. The number of aromatic nitrogens is 4. The summed E-state index contributed by atoms with van der Waals surface area (Å²) in [4.78, 5) is 15.0. The molecular weight excluding hydrogens is 260 g/mol. The number of carbonyl (C=O) groups is 1. The molecule has 0 radical (unpaired) electrons. The highest BCUT2D eigenvalue weighted by Crippen LogP contribution is 2.26. The molecule has 0 bridgehead atoms. The van der Waals surface area contributed by atoms with Gasteiger partial charge in [-0.3, -0.25) is 4.40 Å². The molecule has 0 spiro atoms. The van der Waals surface area contributed by atoms with E-state index in [-0.39, 0.29) is 5.56 Å². The van der Waals surface area contributed by atoms with Gasteiger partial charge in [-0.2, -0.15) is 0 Å². The molecule has 1 aromatic carbocycles. The lowest BCUT2D eigenvalue weighted by Crippen LogP contribution is -1.99. The Morgan fingerprint density at radius 1 is 1.40 bits per heavy atom. The third-order valence-electron chi connectivity index (χ3n) is 2.81. The predicted molar refractivity (Wildman–Crippen MR) is 69.0 cm³/mol. The number of aromatic carboxylic acids is 1. The van der Waals surface area contributed by atoms with Crippen LogP contribution in [0.3, 0.4) is 0 Å². The third-order valence-corrected chi connectivity index (χ3v) is 2.81. The van der Waals surface area contributed by atoms with Crippen LogP contribution in [0.5, 0.6) is 11.6 Å². The first-order chi connectivity index (χ1) is 9.65. The number of nitrogens with zero attached hydrogens (tertiary/aromatic N) is 4. The van der Waals surface area contributed by atoms with Crippen LogP contribution in [-0.2, 0) is 0 Å². The number of carboxylic acids is 1. The van der Waals surface area contributed by atoms with Crippen molar-refractivity contribution in [3.63, 3.8) is 0 Å². The number of hydrogen-bond donors (Lipinski definition) is 1. The normalized spacial score (nSPS) is 10.7. The van der Waals surface area contributed by atoms with Gasteiger partial charge < -0.3 is 9.84 Å². The highest BCUT2D eigenvalue weighted by molar-refractivity contribution is 5.88. The van der Waals surface area contributed by atoms with E-state index in [9.17, 15) is 4.79 Å². The Morgan fingerprint density at radius 2 is 2.25 bits per heavy atom. The molecule has 0 aliphatic rings. The first-order valence-electron chi connectivity index (χ1n) is 5.81. The van der Waals surface area contributed by atoms with Gasteiger partial charge in [0.2, 0.25) is 5.65 Å². The fraction of sp³-hybridized carbons (Fsp3) is 0.0769. The molecule has 3 aromatic rings. The Bertz CT molecular complexity index is 797. The molecule has 0 saturated heterocycles. The van der Waals surface area contributed by atoms with Crippen LogP contribution < -0.4 is 4.74 Å².